The molecule has 0 spiro atoms. The molecule has 108 valence electrons. The van der Waals surface area contributed by atoms with E-state index in [4.69, 9.17) is 29.8 Å². The first-order valence-electron chi connectivity index (χ1n) is 6.19. The van der Waals surface area contributed by atoms with Crippen molar-refractivity contribution in [3.63, 3.8) is 0 Å². The Balaban J connectivity index is 2.39. The van der Waals surface area contributed by atoms with E-state index in [1.807, 2.05) is 12.1 Å². The molecule has 20 heavy (non-hydrogen) atoms. The van der Waals surface area contributed by atoms with Crippen LogP contribution in [0.1, 0.15) is 13.8 Å². The summed E-state index contributed by atoms with van der Waals surface area (Å²) >= 11 is 5.23. The highest BCUT2D eigenvalue weighted by Gasteiger charge is 2.23. The summed E-state index contributed by atoms with van der Waals surface area (Å²) in [6.07, 6.45) is 0. The van der Waals surface area contributed by atoms with Gasteiger partial charge in [-0.15, -0.1) is 0 Å². The number of benzene rings is 1. The van der Waals surface area contributed by atoms with Gasteiger partial charge in [0.25, 0.3) is 0 Å². The molecule has 0 aliphatic rings. The molecule has 0 unspecified atom stereocenters. The molecule has 0 atom stereocenters. The van der Waals surface area contributed by atoms with Crippen LogP contribution in [-0.4, -0.2) is 13.2 Å². The van der Waals surface area contributed by atoms with Crippen molar-refractivity contribution in [2.75, 3.05) is 13.2 Å². The van der Waals surface area contributed by atoms with E-state index in [0.29, 0.717) is 18.8 Å². The van der Waals surface area contributed by atoms with Crippen LogP contribution in [0, 0.1) is 0 Å². The monoisotopic (exact) mass is 314 g/mol. The lowest BCUT2D eigenvalue weighted by Gasteiger charge is -2.20. The normalized spacial score (nSPS) is 11.7. The highest BCUT2D eigenvalue weighted by Crippen LogP contribution is 2.49. The van der Waals surface area contributed by atoms with Gasteiger partial charge >= 0.3 is 12.3 Å². The van der Waals surface area contributed by atoms with Crippen molar-refractivity contribution >= 4 is 29.5 Å². The Morgan fingerprint density at radius 2 is 1.85 bits per heavy atom. The van der Waals surface area contributed by atoms with Crippen LogP contribution in [0.15, 0.2) is 39.5 Å². The minimum atomic E-state index is -2.97. The Morgan fingerprint density at radius 1 is 1.20 bits per heavy atom. The van der Waals surface area contributed by atoms with E-state index in [1.165, 1.54) is 0 Å². The molecule has 1 aromatic heterocycles. The third-order valence-electron chi connectivity index (χ3n) is 2.39. The summed E-state index contributed by atoms with van der Waals surface area (Å²) in [6, 6.07) is 8.74. The van der Waals surface area contributed by atoms with Crippen molar-refractivity contribution in [2.45, 2.75) is 13.8 Å². The van der Waals surface area contributed by atoms with Gasteiger partial charge in [0.05, 0.1) is 13.2 Å². The Hall–Kier alpha value is -1.20. The predicted molar refractivity (Wildman–Crippen MR) is 80.6 cm³/mol. The van der Waals surface area contributed by atoms with E-state index in [1.54, 1.807) is 32.0 Å². The molecular formula is C13H15O5PS. The van der Waals surface area contributed by atoms with Crippen LogP contribution >= 0.6 is 6.72 Å². The molecule has 1 heterocycles. The van der Waals surface area contributed by atoms with Crippen molar-refractivity contribution < 1.29 is 18.0 Å². The lowest BCUT2D eigenvalue weighted by molar-refractivity contribution is 0.216. The first-order valence-corrected chi connectivity index (χ1v) is 8.75. The molecular weight excluding hydrogens is 299 g/mol. The minimum absolute atomic E-state index is 0.00827. The standard InChI is InChI=1S/C13H15O5PS/c1-3-15-19(20,16-4-2)18-12-9-10-7-5-6-8-11(10)17-13(12)14/h5-9H,3-4H2,1-2H3. The van der Waals surface area contributed by atoms with Crippen molar-refractivity contribution in [1.82, 2.24) is 0 Å². The van der Waals surface area contributed by atoms with Gasteiger partial charge in [0.1, 0.15) is 5.58 Å². The van der Waals surface area contributed by atoms with Crippen molar-refractivity contribution in [3.8, 4) is 5.75 Å². The fraction of sp³-hybridized carbons (Fsp3) is 0.308. The maximum Gasteiger partial charge on any atom is 0.380 e. The fourth-order valence-corrected chi connectivity index (χ4v) is 3.69. The molecule has 0 aliphatic heterocycles. The van der Waals surface area contributed by atoms with Crippen molar-refractivity contribution in [1.29, 1.82) is 0 Å². The highest BCUT2D eigenvalue weighted by molar-refractivity contribution is 8.07. The Morgan fingerprint density at radius 3 is 2.50 bits per heavy atom. The summed E-state index contributed by atoms with van der Waals surface area (Å²) in [5.41, 5.74) is -0.108. The number of hydrogen-bond donors (Lipinski definition) is 0. The molecule has 0 saturated heterocycles. The first-order chi connectivity index (χ1) is 9.58. The second-order valence-electron chi connectivity index (χ2n) is 3.81. The van der Waals surface area contributed by atoms with Crippen LogP contribution in [-0.2, 0) is 20.9 Å². The highest BCUT2D eigenvalue weighted by atomic mass is 32.5. The molecule has 2 aromatic rings. The predicted octanol–water partition coefficient (Wildman–Crippen LogP) is 3.47. The van der Waals surface area contributed by atoms with E-state index in [-0.39, 0.29) is 5.75 Å². The molecule has 0 N–H and O–H groups in total. The lowest BCUT2D eigenvalue weighted by Crippen LogP contribution is -2.08. The fourth-order valence-electron chi connectivity index (χ4n) is 1.63. The van der Waals surface area contributed by atoms with Gasteiger partial charge in [0.2, 0.25) is 5.75 Å². The van der Waals surface area contributed by atoms with Gasteiger partial charge in [-0.2, -0.15) is 0 Å². The van der Waals surface area contributed by atoms with Gasteiger partial charge in [-0.3, -0.25) is 9.05 Å². The molecule has 2 rings (SSSR count). The largest absolute Gasteiger partial charge is 0.420 e. The third kappa shape index (κ3) is 3.46. The zero-order valence-corrected chi connectivity index (χ0v) is 12.9. The maximum atomic E-state index is 11.9. The Bertz CT molecular complexity index is 686. The molecule has 0 bridgehead atoms. The molecule has 1 aromatic carbocycles. The number of para-hydroxylation sites is 1. The van der Waals surface area contributed by atoms with Crippen molar-refractivity contribution in [2.24, 2.45) is 0 Å². The zero-order valence-electron chi connectivity index (χ0n) is 11.2. The average molecular weight is 314 g/mol. The average Bonchev–Trinajstić information content (AvgIpc) is 2.40. The third-order valence-corrected chi connectivity index (χ3v) is 4.82. The molecule has 0 saturated carbocycles. The quantitative estimate of drug-likeness (QED) is 0.601. The summed E-state index contributed by atoms with van der Waals surface area (Å²) in [6.45, 7) is 1.28. The van der Waals surface area contributed by atoms with Gasteiger partial charge in [-0.25, -0.2) is 4.79 Å². The second-order valence-corrected chi connectivity index (χ2v) is 6.75. The van der Waals surface area contributed by atoms with Crippen LogP contribution in [0.2, 0.25) is 0 Å². The molecule has 5 nitrogen and oxygen atoms in total. The Labute approximate surface area is 121 Å². The van der Waals surface area contributed by atoms with E-state index in [9.17, 15) is 4.79 Å². The van der Waals surface area contributed by atoms with E-state index < -0.39 is 12.3 Å². The molecule has 0 fully saturated rings. The molecule has 0 aliphatic carbocycles. The summed E-state index contributed by atoms with van der Waals surface area (Å²) < 4.78 is 21.4. The summed E-state index contributed by atoms with van der Waals surface area (Å²) in [4.78, 5) is 11.9. The lowest BCUT2D eigenvalue weighted by atomic mass is 10.2. The molecule has 0 amide bonds. The number of fused-ring (bicyclic) bond motifs is 1. The second kappa shape index (κ2) is 6.50. The zero-order chi connectivity index (χ0) is 14.6. The van der Waals surface area contributed by atoms with Gasteiger partial charge in [0.15, 0.2) is 0 Å². The van der Waals surface area contributed by atoms with E-state index in [2.05, 4.69) is 0 Å². The number of hydrogen-bond acceptors (Lipinski definition) is 6. The first kappa shape index (κ1) is 15.2. The summed E-state index contributed by atoms with van der Waals surface area (Å²) in [5, 5.41) is 0.747. The maximum absolute atomic E-state index is 11.9. The van der Waals surface area contributed by atoms with Crippen LogP contribution in [0.4, 0.5) is 0 Å². The minimum Gasteiger partial charge on any atom is -0.420 e. The van der Waals surface area contributed by atoms with E-state index >= 15 is 0 Å². The van der Waals surface area contributed by atoms with Crippen LogP contribution in [0.25, 0.3) is 11.0 Å². The SMILES string of the molecule is CCOP(=S)(OCC)Oc1cc2ccccc2oc1=O. The summed E-state index contributed by atoms with van der Waals surface area (Å²) in [5.74, 6) is 0.00827. The Kier molecular flexibility index (Phi) is 4.94. The van der Waals surface area contributed by atoms with Gasteiger partial charge in [0, 0.05) is 17.2 Å². The molecule has 0 radical (unpaired) electrons. The van der Waals surface area contributed by atoms with Gasteiger partial charge in [-0.05, 0) is 26.0 Å². The van der Waals surface area contributed by atoms with Gasteiger partial charge < -0.3 is 8.94 Å². The van der Waals surface area contributed by atoms with E-state index in [0.717, 1.165) is 5.39 Å². The topological polar surface area (TPSA) is 57.9 Å². The smallest absolute Gasteiger partial charge is 0.380 e. The number of rotatable bonds is 6. The molecule has 7 heteroatoms. The van der Waals surface area contributed by atoms with Crippen LogP contribution in [0.3, 0.4) is 0 Å². The van der Waals surface area contributed by atoms with Crippen molar-refractivity contribution in [3.05, 3.63) is 40.8 Å². The van der Waals surface area contributed by atoms with Crippen LogP contribution < -0.4 is 10.1 Å². The van der Waals surface area contributed by atoms with Gasteiger partial charge in [-0.1, -0.05) is 18.2 Å². The summed E-state index contributed by atoms with van der Waals surface area (Å²) in [7, 11) is 0. The van der Waals surface area contributed by atoms with Crippen LogP contribution in [0.5, 0.6) is 5.75 Å².